The summed E-state index contributed by atoms with van der Waals surface area (Å²) in [4.78, 5) is 15.5. The lowest BCUT2D eigenvalue weighted by molar-refractivity contribution is -0.148. The van der Waals surface area contributed by atoms with Crippen molar-refractivity contribution in [3.63, 3.8) is 0 Å². The fourth-order valence-electron chi connectivity index (χ4n) is 1.25. The highest BCUT2D eigenvalue weighted by molar-refractivity contribution is 5.81. The second-order valence-corrected chi connectivity index (χ2v) is 3.10. The number of nitrogens with one attached hydrogen (secondary N) is 1. The van der Waals surface area contributed by atoms with Gasteiger partial charge in [0.25, 0.3) is 0 Å². The van der Waals surface area contributed by atoms with E-state index in [4.69, 9.17) is 4.74 Å². The molecule has 0 radical (unpaired) electrons. The number of carbonyl (C=O) groups is 1. The van der Waals surface area contributed by atoms with Crippen LogP contribution in [0.1, 0.15) is 12.5 Å². The number of hydrogen-bond donors (Lipinski definition) is 1. The quantitative estimate of drug-likeness (QED) is 0.719. The maximum absolute atomic E-state index is 11.6. The van der Waals surface area contributed by atoms with Crippen molar-refractivity contribution >= 4 is 5.97 Å². The monoisotopic (exact) mass is 194 g/mol. The van der Waals surface area contributed by atoms with Crippen LogP contribution in [0.25, 0.3) is 0 Å². The van der Waals surface area contributed by atoms with Crippen LogP contribution in [0.2, 0.25) is 0 Å². The molecular formula is C10H14N2O2. The molecule has 0 aliphatic carbocycles. The molecule has 4 nitrogen and oxygen atoms in total. The van der Waals surface area contributed by atoms with Gasteiger partial charge in [0, 0.05) is 12.4 Å². The first-order valence-corrected chi connectivity index (χ1v) is 4.33. The molecule has 0 amide bonds. The van der Waals surface area contributed by atoms with Crippen LogP contribution in [-0.4, -0.2) is 25.1 Å². The fraction of sp³-hybridized carbons (Fsp3) is 0.400. The van der Waals surface area contributed by atoms with Gasteiger partial charge in [0.15, 0.2) is 0 Å². The fourth-order valence-corrected chi connectivity index (χ4v) is 1.25. The van der Waals surface area contributed by atoms with Crippen molar-refractivity contribution in [3.05, 3.63) is 30.1 Å². The van der Waals surface area contributed by atoms with E-state index in [9.17, 15) is 4.79 Å². The summed E-state index contributed by atoms with van der Waals surface area (Å²) >= 11 is 0. The van der Waals surface area contributed by atoms with Gasteiger partial charge in [-0.15, -0.1) is 0 Å². The van der Waals surface area contributed by atoms with Crippen LogP contribution in [0.4, 0.5) is 0 Å². The predicted molar refractivity (Wildman–Crippen MR) is 52.7 cm³/mol. The molecule has 1 atom stereocenters. The van der Waals surface area contributed by atoms with E-state index >= 15 is 0 Å². The minimum Gasteiger partial charge on any atom is -0.467 e. The topological polar surface area (TPSA) is 51.2 Å². The second kappa shape index (κ2) is 4.19. The summed E-state index contributed by atoms with van der Waals surface area (Å²) in [6.45, 7) is 1.77. The molecule has 0 unspecified atom stereocenters. The summed E-state index contributed by atoms with van der Waals surface area (Å²) < 4.78 is 4.74. The summed E-state index contributed by atoms with van der Waals surface area (Å²) in [5.41, 5.74) is 0.0272. The molecular weight excluding hydrogens is 180 g/mol. The normalized spacial score (nSPS) is 14.5. The van der Waals surface area contributed by atoms with E-state index in [0.717, 1.165) is 5.56 Å². The zero-order chi connectivity index (χ0) is 10.6. The van der Waals surface area contributed by atoms with E-state index in [0.29, 0.717) is 0 Å². The average Bonchev–Trinajstić information content (AvgIpc) is 2.28. The number of nitrogens with zero attached hydrogens (tertiary/aromatic N) is 1. The largest absolute Gasteiger partial charge is 0.467 e. The van der Waals surface area contributed by atoms with E-state index in [2.05, 4.69) is 10.3 Å². The Morgan fingerprint density at radius 1 is 1.50 bits per heavy atom. The summed E-state index contributed by atoms with van der Waals surface area (Å²) in [5, 5.41) is 2.94. The van der Waals surface area contributed by atoms with Gasteiger partial charge in [0.1, 0.15) is 5.54 Å². The van der Waals surface area contributed by atoms with Crippen molar-refractivity contribution in [2.75, 3.05) is 14.2 Å². The summed E-state index contributed by atoms with van der Waals surface area (Å²) in [7, 11) is 3.09. The number of rotatable bonds is 3. The smallest absolute Gasteiger partial charge is 0.330 e. The van der Waals surface area contributed by atoms with Crippen molar-refractivity contribution < 1.29 is 9.53 Å². The third kappa shape index (κ3) is 1.75. The van der Waals surface area contributed by atoms with Crippen LogP contribution in [0.3, 0.4) is 0 Å². The van der Waals surface area contributed by atoms with Gasteiger partial charge in [-0.1, -0.05) is 0 Å². The van der Waals surface area contributed by atoms with Crippen LogP contribution in [0, 0.1) is 0 Å². The minimum atomic E-state index is -0.808. The van der Waals surface area contributed by atoms with E-state index in [1.54, 1.807) is 38.5 Å². The Morgan fingerprint density at radius 2 is 2.07 bits per heavy atom. The molecule has 0 spiro atoms. The molecule has 0 saturated carbocycles. The maximum atomic E-state index is 11.6. The molecule has 0 saturated heterocycles. The van der Waals surface area contributed by atoms with Crippen LogP contribution >= 0.6 is 0 Å². The number of carbonyl (C=O) groups excluding carboxylic acids is 1. The molecule has 0 fully saturated rings. The molecule has 0 aliphatic rings. The Hall–Kier alpha value is -1.42. The Morgan fingerprint density at radius 3 is 2.50 bits per heavy atom. The highest BCUT2D eigenvalue weighted by atomic mass is 16.5. The van der Waals surface area contributed by atoms with Gasteiger partial charge in [0.05, 0.1) is 7.11 Å². The molecule has 1 heterocycles. The zero-order valence-corrected chi connectivity index (χ0v) is 8.57. The van der Waals surface area contributed by atoms with E-state index < -0.39 is 5.54 Å². The molecule has 0 bridgehead atoms. The number of methoxy groups -OCH3 is 1. The van der Waals surface area contributed by atoms with Gasteiger partial charge < -0.3 is 10.1 Å². The Kier molecular flexibility index (Phi) is 3.19. The number of hydrogen-bond acceptors (Lipinski definition) is 4. The molecule has 1 aromatic heterocycles. The van der Waals surface area contributed by atoms with Crippen molar-refractivity contribution in [2.45, 2.75) is 12.5 Å². The zero-order valence-electron chi connectivity index (χ0n) is 8.57. The SMILES string of the molecule is CN[C@@](C)(C(=O)OC)c1ccncc1. The first-order chi connectivity index (χ1) is 6.65. The van der Waals surface area contributed by atoms with Gasteiger partial charge in [0.2, 0.25) is 0 Å². The minimum absolute atomic E-state index is 0.314. The third-order valence-electron chi connectivity index (χ3n) is 2.35. The summed E-state index contributed by atoms with van der Waals surface area (Å²) in [5.74, 6) is -0.314. The molecule has 1 N–H and O–H groups in total. The highest BCUT2D eigenvalue weighted by Gasteiger charge is 2.34. The Bertz CT molecular complexity index is 313. The van der Waals surface area contributed by atoms with Crippen molar-refractivity contribution in [1.82, 2.24) is 10.3 Å². The molecule has 4 heteroatoms. The van der Waals surface area contributed by atoms with Crippen LogP contribution in [-0.2, 0) is 15.1 Å². The molecule has 1 aromatic rings. The lowest BCUT2D eigenvalue weighted by Gasteiger charge is -2.26. The van der Waals surface area contributed by atoms with Crippen molar-refractivity contribution in [1.29, 1.82) is 0 Å². The lowest BCUT2D eigenvalue weighted by Crippen LogP contribution is -2.45. The molecule has 76 valence electrons. The molecule has 0 aromatic carbocycles. The maximum Gasteiger partial charge on any atom is 0.330 e. The van der Waals surface area contributed by atoms with Crippen molar-refractivity contribution in [3.8, 4) is 0 Å². The van der Waals surface area contributed by atoms with Gasteiger partial charge in [-0.3, -0.25) is 4.98 Å². The number of ether oxygens (including phenoxy) is 1. The lowest BCUT2D eigenvalue weighted by atomic mass is 9.93. The summed E-state index contributed by atoms with van der Waals surface area (Å²) in [6, 6.07) is 3.57. The highest BCUT2D eigenvalue weighted by Crippen LogP contribution is 2.20. The van der Waals surface area contributed by atoms with Crippen LogP contribution < -0.4 is 5.32 Å². The number of aromatic nitrogens is 1. The first-order valence-electron chi connectivity index (χ1n) is 4.33. The second-order valence-electron chi connectivity index (χ2n) is 3.10. The molecule has 0 aliphatic heterocycles. The van der Waals surface area contributed by atoms with Crippen LogP contribution in [0.5, 0.6) is 0 Å². The standard InChI is InChI=1S/C10H14N2O2/c1-10(11-2,9(13)14-3)8-4-6-12-7-5-8/h4-7,11H,1-3H3/t10-/m1/s1. The average molecular weight is 194 g/mol. The Balaban J connectivity index is 3.08. The number of esters is 1. The van der Waals surface area contributed by atoms with Gasteiger partial charge in [-0.2, -0.15) is 0 Å². The molecule has 1 rings (SSSR count). The Labute approximate surface area is 83.3 Å². The van der Waals surface area contributed by atoms with Gasteiger partial charge in [-0.25, -0.2) is 4.79 Å². The van der Waals surface area contributed by atoms with E-state index in [1.807, 2.05) is 0 Å². The van der Waals surface area contributed by atoms with E-state index in [1.165, 1.54) is 7.11 Å². The van der Waals surface area contributed by atoms with Crippen LogP contribution in [0.15, 0.2) is 24.5 Å². The first kappa shape index (κ1) is 10.7. The predicted octanol–water partition coefficient (Wildman–Crippen LogP) is 0.689. The van der Waals surface area contributed by atoms with Gasteiger partial charge >= 0.3 is 5.97 Å². The van der Waals surface area contributed by atoms with Gasteiger partial charge in [-0.05, 0) is 31.7 Å². The summed E-state index contributed by atoms with van der Waals surface area (Å²) in [6.07, 6.45) is 3.29. The van der Waals surface area contributed by atoms with Crippen molar-refractivity contribution in [2.24, 2.45) is 0 Å². The number of pyridine rings is 1. The number of likely N-dealkylation sites (N-methyl/N-ethyl adjacent to an activating group) is 1. The van der Waals surface area contributed by atoms with E-state index in [-0.39, 0.29) is 5.97 Å². The molecule has 14 heavy (non-hydrogen) atoms. The third-order valence-corrected chi connectivity index (χ3v) is 2.35.